The number of aliphatic imine (C=N–C) groups is 1. The molecule has 0 spiro atoms. The Balaban J connectivity index is 2.02. The number of hydrogen-bond acceptors (Lipinski definition) is 4. The van der Waals surface area contributed by atoms with Crippen LogP contribution in [-0.2, 0) is 5.60 Å². The van der Waals surface area contributed by atoms with E-state index in [2.05, 4.69) is 27.7 Å². The van der Waals surface area contributed by atoms with Gasteiger partial charge in [0.15, 0.2) is 5.96 Å². The zero-order valence-corrected chi connectivity index (χ0v) is 16.3. The molecular formula is C20H30N4O2. The molecule has 0 saturated carbocycles. The van der Waals surface area contributed by atoms with Gasteiger partial charge in [-0.3, -0.25) is 0 Å². The monoisotopic (exact) mass is 358 g/mol. The molecule has 6 heteroatoms. The van der Waals surface area contributed by atoms with E-state index < -0.39 is 5.60 Å². The lowest BCUT2D eigenvalue weighted by Gasteiger charge is -2.23. The van der Waals surface area contributed by atoms with Gasteiger partial charge in [-0.05, 0) is 33.3 Å². The topological polar surface area (TPSA) is 82.7 Å². The predicted molar refractivity (Wildman–Crippen MR) is 104 cm³/mol. The molecule has 0 bridgehead atoms. The van der Waals surface area contributed by atoms with E-state index in [1.54, 1.807) is 6.92 Å². The van der Waals surface area contributed by atoms with Crippen LogP contribution < -0.4 is 10.6 Å². The Kier molecular flexibility index (Phi) is 6.80. The molecule has 3 N–H and O–H groups in total. The molecule has 0 radical (unpaired) electrons. The number of aromatic nitrogens is 1. The third-order valence-electron chi connectivity index (χ3n) is 4.44. The van der Waals surface area contributed by atoms with Gasteiger partial charge in [0.05, 0.1) is 12.2 Å². The van der Waals surface area contributed by atoms with Gasteiger partial charge in [0.25, 0.3) is 0 Å². The SMILES string of the molecule is CCNC(=NCC(C)(O)c1ccccc1)NCC(C)c1c(C)noc1C. The first-order valence-corrected chi connectivity index (χ1v) is 9.08. The summed E-state index contributed by atoms with van der Waals surface area (Å²) in [5.41, 5.74) is 1.88. The summed E-state index contributed by atoms with van der Waals surface area (Å²) in [5, 5.41) is 21.3. The highest BCUT2D eigenvalue weighted by Gasteiger charge is 2.23. The van der Waals surface area contributed by atoms with Crippen LogP contribution in [0.5, 0.6) is 0 Å². The minimum atomic E-state index is -1.02. The van der Waals surface area contributed by atoms with Crippen LogP contribution in [0.3, 0.4) is 0 Å². The van der Waals surface area contributed by atoms with Crippen molar-refractivity contribution >= 4 is 5.96 Å². The lowest BCUT2D eigenvalue weighted by atomic mass is 9.96. The van der Waals surface area contributed by atoms with Crippen LogP contribution in [0.1, 0.15) is 49.3 Å². The smallest absolute Gasteiger partial charge is 0.191 e. The van der Waals surface area contributed by atoms with E-state index in [1.165, 1.54) is 0 Å². The molecule has 142 valence electrons. The lowest BCUT2D eigenvalue weighted by molar-refractivity contribution is 0.0672. The van der Waals surface area contributed by atoms with Crippen LogP contribution in [-0.4, -0.2) is 35.9 Å². The zero-order chi connectivity index (χ0) is 19.2. The average molecular weight is 358 g/mol. The van der Waals surface area contributed by atoms with E-state index in [0.29, 0.717) is 12.5 Å². The molecule has 0 aliphatic heterocycles. The summed E-state index contributed by atoms with van der Waals surface area (Å²) >= 11 is 0. The van der Waals surface area contributed by atoms with E-state index in [1.807, 2.05) is 51.1 Å². The van der Waals surface area contributed by atoms with Gasteiger partial charge in [-0.1, -0.05) is 42.4 Å². The number of benzene rings is 1. The van der Waals surface area contributed by atoms with E-state index in [4.69, 9.17) is 4.52 Å². The summed E-state index contributed by atoms with van der Waals surface area (Å²) in [4.78, 5) is 4.57. The Morgan fingerprint density at radius 1 is 1.27 bits per heavy atom. The Hall–Kier alpha value is -2.34. The van der Waals surface area contributed by atoms with E-state index in [-0.39, 0.29) is 12.5 Å². The van der Waals surface area contributed by atoms with Crippen LogP contribution in [0, 0.1) is 13.8 Å². The van der Waals surface area contributed by atoms with E-state index >= 15 is 0 Å². The summed E-state index contributed by atoms with van der Waals surface area (Å²) in [7, 11) is 0. The molecule has 2 atom stereocenters. The Bertz CT molecular complexity index is 703. The standard InChI is InChI=1S/C20H30N4O2/c1-6-21-19(22-12-14(2)18-15(3)24-26-16(18)4)23-13-20(5,25)17-10-8-7-9-11-17/h7-11,14,25H,6,12-13H2,1-5H3,(H2,21,22,23). The highest BCUT2D eigenvalue weighted by molar-refractivity contribution is 5.79. The number of hydrogen-bond donors (Lipinski definition) is 3. The maximum absolute atomic E-state index is 10.7. The van der Waals surface area contributed by atoms with Gasteiger partial charge in [-0.15, -0.1) is 0 Å². The first-order chi connectivity index (χ1) is 12.3. The summed E-state index contributed by atoms with van der Waals surface area (Å²) in [6.45, 7) is 11.5. The fourth-order valence-electron chi connectivity index (χ4n) is 3.01. The second-order valence-corrected chi connectivity index (χ2v) is 6.85. The predicted octanol–water partition coefficient (Wildman–Crippen LogP) is 2.86. The molecule has 0 aliphatic carbocycles. The first-order valence-electron chi connectivity index (χ1n) is 9.08. The van der Waals surface area contributed by atoms with Gasteiger partial charge in [0.2, 0.25) is 0 Å². The highest BCUT2D eigenvalue weighted by atomic mass is 16.5. The first kappa shape index (κ1) is 20.0. The van der Waals surface area contributed by atoms with Crippen molar-refractivity contribution in [1.82, 2.24) is 15.8 Å². The van der Waals surface area contributed by atoms with Crippen molar-refractivity contribution in [3.05, 3.63) is 52.9 Å². The Morgan fingerprint density at radius 2 is 1.96 bits per heavy atom. The van der Waals surface area contributed by atoms with E-state index in [0.717, 1.165) is 29.1 Å². The van der Waals surface area contributed by atoms with Crippen molar-refractivity contribution in [3.8, 4) is 0 Å². The number of rotatable bonds is 7. The number of guanidine groups is 1. The normalized spacial score (nSPS) is 15.4. The fourth-order valence-corrected chi connectivity index (χ4v) is 3.01. The Labute approximate surface area is 155 Å². The van der Waals surface area contributed by atoms with Crippen molar-refractivity contribution in [2.45, 2.75) is 46.1 Å². The van der Waals surface area contributed by atoms with Crippen LogP contribution >= 0.6 is 0 Å². The fraction of sp³-hybridized carbons (Fsp3) is 0.500. The van der Waals surface area contributed by atoms with Gasteiger partial charge < -0.3 is 20.3 Å². The largest absolute Gasteiger partial charge is 0.384 e. The third-order valence-corrected chi connectivity index (χ3v) is 4.44. The molecule has 1 heterocycles. The number of nitrogens with one attached hydrogen (secondary N) is 2. The molecule has 0 amide bonds. The van der Waals surface area contributed by atoms with Crippen molar-refractivity contribution < 1.29 is 9.63 Å². The minimum absolute atomic E-state index is 0.236. The number of aliphatic hydroxyl groups is 1. The average Bonchev–Trinajstić information content (AvgIpc) is 2.96. The Morgan fingerprint density at radius 3 is 2.54 bits per heavy atom. The van der Waals surface area contributed by atoms with Gasteiger partial charge >= 0.3 is 0 Å². The van der Waals surface area contributed by atoms with Crippen molar-refractivity contribution in [2.24, 2.45) is 4.99 Å². The van der Waals surface area contributed by atoms with Gasteiger partial charge in [0.1, 0.15) is 11.4 Å². The quantitative estimate of drug-likeness (QED) is 0.524. The lowest BCUT2D eigenvalue weighted by Crippen LogP contribution is -2.40. The molecule has 0 saturated heterocycles. The molecule has 1 aromatic carbocycles. The van der Waals surface area contributed by atoms with Crippen LogP contribution in [0.25, 0.3) is 0 Å². The van der Waals surface area contributed by atoms with Crippen LogP contribution in [0.2, 0.25) is 0 Å². The van der Waals surface area contributed by atoms with Gasteiger partial charge in [-0.2, -0.15) is 0 Å². The van der Waals surface area contributed by atoms with Crippen molar-refractivity contribution in [3.63, 3.8) is 0 Å². The minimum Gasteiger partial charge on any atom is -0.384 e. The molecule has 6 nitrogen and oxygen atoms in total. The zero-order valence-electron chi connectivity index (χ0n) is 16.3. The molecule has 1 aromatic heterocycles. The molecule has 2 aromatic rings. The van der Waals surface area contributed by atoms with Crippen molar-refractivity contribution in [2.75, 3.05) is 19.6 Å². The molecule has 2 rings (SSSR count). The van der Waals surface area contributed by atoms with E-state index in [9.17, 15) is 5.11 Å². The van der Waals surface area contributed by atoms with Crippen molar-refractivity contribution in [1.29, 1.82) is 0 Å². The third kappa shape index (κ3) is 5.08. The summed E-state index contributed by atoms with van der Waals surface area (Å²) in [5.74, 6) is 1.77. The van der Waals surface area contributed by atoms with Gasteiger partial charge in [-0.25, -0.2) is 4.99 Å². The molecular weight excluding hydrogens is 328 g/mol. The van der Waals surface area contributed by atoms with Crippen LogP contribution in [0.4, 0.5) is 0 Å². The molecule has 0 fully saturated rings. The van der Waals surface area contributed by atoms with Crippen LogP contribution in [0.15, 0.2) is 39.8 Å². The number of aryl methyl sites for hydroxylation is 2. The summed E-state index contributed by atoms with van der Waals surface area (Å²) < 4.78 is 5.26. The second-order valence-electron chi connectivity index (χ2n) is 6.85. The molecule has 26 heavy (non-hydrogen) atoms. The molecule has 0 aliphatic rings. The highest BCUT2D eigenvalue weighted by Crippen LogP contribution is 2.22. The number of nitrogens with zero attached hydrogens (tertiary/aromatic N) is 2. The van der Waals surface area contributed by atoms with Gasteiger partial charge in [0, 0.05) is 24.6 Å². The maximum Gasteiger partial charge on any atom is 0.191 e. The summed E-state index contributed by atoms with van der Waals surface area (Å²) in [6.07, 6.45) is 0. The molecule has 2 unspecified atom stereocenters. The maximum atomic E-state index is 10.7. The summed E-state index contributed by atoms with van der Waals surface area (Å²) in [6, 6.07) is 9.60. The second kappa shape index (κ2) is 8.85.